The van der Waals surface area contributed by atoms with Gasteiger partial charge >= 0.3 is 5.97 Å². The molecule has 0 radical (unpaired) electrons. The van der Waals surface area contributed by atoms with Crippen LogP contribution in [0.25, 0.3) is 0 Å². The number of nitrogens with zero attached hydrogens (tertiary/aromatic N) is 3. The minimum Gasteiger partial charge on any atom is -1.00 e. The number of carboxylic acid groups (broad SMARTS) is 1. The number of thiazole rings is 1. The maximum atomic E-state index is 9.76. The number of nitrogens with two attached hydrogens (primary N) is 2. The van der Waals surface area contributed by atoms with E-state index in [4.69, 9.17) is 21.7 Å². The molecule has 2 rings (SSSR count). The Hall–Kier alpha value is -1.17. The highest BCUT2D eigenvalue weighted by molar-refractivity contribution is 7.80. The monoisotopic (exact) mass is 457 g/mol. The summed E-state index contributed by atoms with van der Waals surface area (Å²) in [5.41, 5.74) is 14.9. The van der Waals surface area contributed by atoms with Crippen molar-refractivity contribution in [2.24, 2.45) is 5.73 Å². The fraction of sp³-hybridized carbons (Fsp3) is 0.467. The molecule has 0 amide bonds. The summed E-state index contributed by atoms with van der Waals surface area (Å²) in [4.78, 5) is 19.3. The molecule has 8 nitrogen and oxygen atoms in total. The van der Waals surface area contributed by atoms with Crippen LogP contribution in [0.1, 0.15) is 22.0 Å². The largest absolute Gasteiger partial charge is 1.00 e. The van der Waals surface area contributed by atoms with Gasteiger partial charge in [0.1, 0.15) is 17.7 Å². The maximum Gasteiger partial charge on any atom is 0.321 e. The van der Waals surface area contributed by atoms with Crippen LogP contribution in [0.5, 0.6) is 0 Å². The van der Waals surface area contributed by atoms with E-state index in [1.165, 1.54) is 4.88 Å². The highest BCUT2D eigenvalue weighted by atomic mass is 35.5. The molecule has 6 N–H and O–H groups in total. The van der Waals surface area contributed by atoms with Gasteiger partial charge in [-0.2, -0.15) is 17.2 Å². The standard InChI is InChI=1S/C12H17N4OS.C3H7NO2S.2ClH/c1-8-11(3-4-17)18-7-16(8)6-10-5-14-9(2)15-12(10)13;4-2(1-7)3(5)6;;/h5,7,17H,3-4,6H2,1-2H3,(H2,13,14,15);2,7H,1,4H2,(H,5,6);2*1H/q+1;;;/p-1. The number of carbonyl (C=O) groups is 1. The number of aliphatic hydroxyl groups is 1. The first-order chi connectivity index (χ1) is 11.8. The minimum absolute atomic E-state index is 0. The van der Waals surface area contributed by atoms with Gasteiger partial charge in [0.05, 0.1) is 10.4 Å². The van der Waals surface area contributed by atoms with Crippen molar-refractivity contribution >= 4 is 48.2 Å². The quantitative estimate of drug-likeness (QED) is 0.236. The lowest BCUT2D eigenvalue weighted by atomic mass is 10.2. The molecular formula is C15H25Cl2N5O3S2. The molecule has 0 aliphatic heterocycles. The summed E-state index contributed by atoms with van der Waals surface area (Å²) in [6.07, 6.45) is 2.47. The van der Waals surface area contributed by atoms with E-state index in [-0.39, 0.29) is 37.2 Å². The molecule has 0 spiro atoms. The van der Waals surface area contributed by atoms with Crippen molar-refractivity contribution in [3.63, 3.8) is 0 Å². The predicted molar refractivity (Wildman–Crippen MR) is 107 cm³/mol. The molecule has 1 atom stereocenters. The van der Waals surface area contributed by atoms with Crippen LogP contribution in [0, 0.1) is 13.8 Å². The fourth-order valence-corrected chi connectivity index (χ4v) is 2.99. The normalized spacial score (nSPS) is 10.7. The van der Waals surface area contributed by atoms with Gasteiger partial charge in [-0.1, -0.05) is 11.3 Å². The molecule has 2 aromatic rings. The summed E-state index contributed by atoms with van der Waals surface area (Å²) < 4.78 is 2.11. The van der Waals surface area contributed by atoms with Crippen LogP contribution < -0.4 is 28.4 Å². The third-order valence-corrected chi connectivity index (χ3v) is 4.91. The first-order valence-electron chi connectivity index (χ1n) is 7.54. The van der Waals surface area contributed by atoms with Crippen molar-refractivity contribution in [2.75, 3.05) is 18.1 Å². The van der Waals surface area contributed by atoms with E-state index in [2.05, 4.69) is 27.2 Å². The lowest BCUT2D eigenvalue weighted by Crippen LogP contribution is -3.00. The Morgan fingerprint density at radius 1 is 1.44 bits per heavy atom. The number of hydrogen-bond acceptors (Lipinski definition) is 8. The van der Waals surface area contributed by atoms with Crippen LogP contribution in [-0.4, -0.2) is 44.6 Å². The smallest absolute Gasteiger partial charge is 0.321 e. The number of hydrogen-bond donors (Lipinski definition) is 5. The summed E-state index contributed by atoms with van der Waals surface area (Å²) in [6, 6.07) is -0.816. The van der Waals surface area contributed by atoms with Crippen molar-refractivity contribution < 1.29 is 32.0 Å². The zero-order chi connectivity index (χ0) is 19.0. The summed E-state index contributed by atoms with van der Waals surface area (Å²) >= 11 is 5.30. The number of halogens is 2. The van der Waals surface area contributed by atoms with Gasteiger partial charge in [-0.15, -0.1) is 12.4 Å². The van der Waals surface area contributed by atoms with Crippen molar-refractivity contribution in [3.05, 3.63) is 33.7 Å². The number of aryl methyl sites for hydroxylation is 1. The van der Waals surface area contributed by atoms with E-state index in [9.17, 15) is 4.79 Å². The van der Waals surface area contributed by atoms with Gasteiger partial charge in [-0.3, -0.25) is 4.79 Å². The fourth-order valence-electron chi connectivity index (χ4n) is 1.84. The lowest BCUT2D eigenvalue weighted by Gasteiger charge is -2.01. The van der Waals surface area contributed by atoms with E-state index < -0.39 is 12.0 Å². The van der Waals surface area contributed by atoms with Crippen molar-refractivity contribution in [2.45, 2.75) is 32.9 Å². The molecule has 2 heterocycles. The molecule has 0 saturated carbocycles. The van der Waals surface area contributed by atoms with Gasteiger partial charge in [-0.25, -0.2) is 9.97 Å². The number of carboxylic acids is 1. The number of rotatable bonds is 6. The molecule has 1 unspecified atom stereocenters. The second kappa shape index (κ2) is 13.9. The molecule has 0 fully saturated rings. The Balaban J connectivity index is 0. The van der Waals surface area contributed by atoms with Crippen LogP contribution in [0.15, 0.2) is 11.7 Å². The number of nitrogen functional groups attached to an aromatic ring is 1. The van der Waals surface area contributed by atoms with Gasteiger partial charge in [-0.05, 0) is 6.92 Å². The van der Waals surface area contributed by atoms with E-state index in [0.29, 0.717) is 24.6 Å². The van der Waals surface area contributed by atoms with E-state index >= 15 is 0 Å². The Morgan fingerprint density at radius 3 is 2.52 bits per heavy atom. The number of aliphatic carboxylic acids is 1. The van der Waals surface area contributed by atoms with Crippen LogP contribution in [0.3, 0.4) is 0 Å². The third kappa shape index (κ3) is 9.04. The summed E-state index contributed by atoms with van der Waals surface area (Å²) in [5.74, 6) is 0.401. The maximum absolute atomic E-state index is 9.76. The highest BCUT2D eigenvalue weighted by Crippen LogP contribution is 2.13. The first kappa shape index (κ1) is 28.0. The molecule has 0 saturated heterocycles. The minimum atomic E-state index is -1.00. The van der Waals surface area contributed by atoms with Gasteiger partial charge < -0.3 is 34.1 Å². The molecule has 0 bridgehead atoms. The number of thiol groups is 1. The number of anilines is 1. The van der Waals surface area contributed by atoms with Crippen LogP contribution in [-0.2, 0) is 17.8 Å². The SMILES string of the molecule is Cc1ncc(C[n+]2csc(CCO)c2C)c(N)n1.Cl.NC(CS)C(=O)O.[Cl-]. The molecule has 2 aromatic heterocycles. The summed E-state index contributed by atoms with van der Waals surface area (Å²) in [6.45, 7) is 4.71. The number of aliphatic hydroxyl groups excluding tert-OH is 1. The Labute approximate surface area is 180 Å². The van der Waals surface area contributed by atoms with Gasteiger partial charge in [0.25, 0.3) is 0 Å². The van der Waals surface area contributed by atoms with Crippen LogP contribution in [0.2, 0.25) is 0 Å². The molecule has 154 valence electrons. The van der Waals surface area contributed by atoms with Gasteiger partial charge in [0.2, 0.25) is 5.51 Å². The first-order valence-corrected chi connectivity index (χ1v) is 9.05. The summed E-state index contributed by atoms with van der Waals surface area (Å²) in [7, 11) is 0. The highest BCUT2D eigenvalue weighted by Gasteiger charge is 2.17. The molecule has 27 heavy (non-hydrogen) atoms. The number of aromatic nitrogens is 3. The van der Waals surface area contributed by atoms with E-state index in [0.717, 1.165) is 11.3 Å². The molecule has 12 heteroatoms. The Bertz CT molecular complexity index is 719. The van der Waals surface area contributed by atoms with Gasteiger partial charge in [0.15, 0.2) is 12.2 Å². The Kier molecular flexibility index (Phi) is 14.5. The van der Waals surface area contributed by atoms with E-state index in [1.807, 2.05) is 19.4 Å². The van der Waals surface area contributed by atoms with Crippen molar-refractivity contribution in [1.29, 1.82) is 0 Å². The third-order valence-electron chi connectivity index (χ3n) is 3.37. The predicted octanol–water partition coefficient (Wildman–Crippen LogP) is -2.64. The lowest BCUT2D eigenvalue weighted by molar-refractivity contribution is -0.689. The van der Waals surface area contributed by atoms with Crippen molar-refractivity contribution in [1.82, 2.24) is 9.97 Å². The molecular weight excluding hydrogens is 433 g/mol. The van der Waals surface area contributed by atoms with E-state index in [1.54, 1.807) is 17.5 Å². The summed E-state index contributed by atoms with van der Waals surface area (Å²) in [5, 5.41) is 17.0. The Morgan fingerprint density at radius 2 is 2.07 bits per heavy atom. The van der Waals surface area contributed by atoms with Gasteiger partial charge in [0, 0.05) is 31.9 Å². The average molecular weight is 458 g/mol. The molecule has 0 aliphatic rings. The van der Waals surface area contributed by atoms with Crippen molar-refractivity contribution in [3.8, 4) is 0 Å². The average Bonchev–Trinajstić information content (AvgIpc) is 2.91. The second-order valence-corrected chi connectivity index (χ2v) is 6.59. The molecule has 0 aliphatic carbocycles. The van der Waals surface area contributed by atoms with Crippen LogP contribution in [0.4, 0.5) is 5.82 Å². The zero-order valence-electron chi connectivity index (χ0n) is 15.0. The molecule has 0 aromatic carbocycles. The van der Waals surface area contributed by atoms with Crippen LogP contribution >= 0.6 is 36.4 Å². The topological polar surface area (TPSA) is 139 Å². The zero-order valence-corrected chi connectivity index (χ0v) is 18.3. The second-order valence-electron chi connectivity index (χ2n) is 5.29.